The lowest BCUT2D eigenvalue weighted by atomic mass is 10.2. The minimum absolute atomic E-state index is 0.0799. The van der Waals surface area contributed by atoms with Crippen molar-refractivity contribution in [2.24, 2.45) is 4.99 Å². The molecule has 0 unspecified atom stereocenters. The molecule has 0 fully saturated rings. The van der Waals surface area contributed by atoms with E-state index in [1.807, 2.05) is 91.9 Å². The summed E-state index contributed by atoms with van der Waals surface area (Å²) in [6, 6.07) is 25.1. The van der Waals surface area contributed by atoms with Gasteiger partial charge in [-0.3, -0.25) is 4.57 Å². The van der Waals surface area contributed by atoms with Crippen molar-refractivity contribution in [1.29, 1.82) is 0 Å². The Bertz CT molecular complexity index is 1330. The molecule has 1 aromatic heterocycles. The summed E-state index contributed by atoms with van der Waals surface area (Å²) >= 11 is 0. The smallest absolute Gasteiger partial charge is 0.223 e. The molecular formula is C25H19N3O2. The van der Waals surface area contributed by atoms with Gasteiger partial charge in [-0.25, -0.2) is 9.98 Å². The van der Waals surface area contributed by atoms with Gasteiger partial charge in [0.05, 0.1) is 16.7 Å². The number of nitrogens with zero attached hydrogens (tertiary/aromatic N) is 3. The molecule has 0 bridgehead atoms. The largest absolute Gasteiger partial charge is 0.493 e. The zero-order chi connectivity index (χ0) is 20.5. The van der Waals surface area contributed by atoms with Crippen molar-refractivity contribution in [2.45, 2.75) is 6.92 Å². The van der Waals surface area contributed by atoms with Crippen LogP contribution in [0.5, 0.6) is 17.4 Å². The second-order valence-corrected chi connectivity index (χ2v) is 7.00. The second-order valence-electron chi connectivity index (χ2n) is 7.00. The van der Waals surface area contributed by atoms with E-state index >= 15 is 0 Å². The van der Waals surface area contributed by atoms with E-state index in [1.165, 1.54) is 0 Å². The number of ether oxygens (including phenoxy) is 1. The van der Waals surface area contributed by atoms with Gasteiger partial charge in [0.25, 0.3) is 0 Å². The van der Waals surface area contributed by atoms with Crippen LogP contribution in [0.25, 0.3) is 17.8 Å². The van der Waals surface area contributed by atoms with Gasteiger partial charge < -0.3 is 9.84 Å². The summed E-state index contributed by atoms with van der Waals surface area (Å²) in [5, 5.41) is 12.8. The molecule has 5 nitrogen and oxygen atoms in total. The van der Waals surface area contributed by atoms with Crippen LogP contribution in [0, 0.1) is 6.92 Å². The topological polar surface area (TPSA) is 59.6 Å². The molecular weight excluding hydrogens is 374 g/mol. The molecule has 0 aliphatic carbocycles. The molecule has 3 aromatic carbocycles. The Kier molecular flexibility index (Phi) is 4.41. The highest BCUT2D eigenvalue weighted by molar-refractivity contribution is 5.67. The van der Waals surface area contributed by atoms with Crippen molar-refractivity contribution < 1.29 is 9.84 Å². The number of benzene rings is 3. The minimum atomic E-state index is 0.0799. The van der Waals surface area contributed by atoms with E-state index in [9.17, 15) is 5.11 Å². The van der Waals surface area contributed by atoms with Crippen molar-refractivity contribution in [3.63, 3.8) is 0 Å². The number of rotatable bonds is 4. The number of allylic oxidation sites excluding steroid dienone is 1. The van der Waals surface area contributed by atoms with Crippen LogP contribution in [0.4, 0.5) is 0 Å². The number of para-hydroxylation sites is 2. The predicted octanol–water partition coefficient (Wildman–Crippen LogP) is 4.13. The average Bonchev–Trinajstić information content (AvgIpc) is 3.29. The van der Waals surface area contributed by atoms with Crippen LogP contribution in [0.1, 0.15) is 11.5 Å². The lowest BCUT2D eigenvalue weighted by molar-refractivity contribution is 0.440. The average molecular weight is 393 g/mol. The molecule has 30 heavy (non-hydrogen) atoms. The van der Waals surface area contributed by atoms with Gasteiger partial charge in [-0.2, -0.15) is 0 Å². The van der Waals surface area contributed by atoms with Crippen LogP contribution >= 0.6 is 0 Å². The lowest BCUT2D eigenvalue weighted by Crippen LogP contribution is -2.19. The van der Waals surface area contributed by atoms with Crippen molar-refractivity contribution in [3.8, 4) is 23.1 Å². The van der Waals surface area contributed by atoms with Gasteiger partial charge in [0.2, 0.25) is 5.88 Å². The standard InChI is InChI=1S/C25H19N3O2/c1-17-26-24(16-19-15-18-7-5-6-10-23(18)27-19)25(29)28(17)20-11-13-22(14-12-20)30-21-8-3-2-4-9-21/h2-16,29H,1H3/b19-16+. The number of hydrogen-bond donors (Lipinski definition) is 1. The van der Waals surface area contributed by atoms with E-state index in [0.29, 0.717) is 11.5 Å². The van der Waals surface area contributed by atoms with Crippen molar-refractivity contribution in [3.05, 3.63) is 107 Å². The van der Waals surface area contributed by atoms with Crippen LogP contribution in [0.15, 0.2) is 89.6 Å². The molecule has 146 valence electrons. The van der Waals surface area contributed by atoms with E-state index < -0.39 is 0 Å². The molecule has 0 radical (unpaired) electrons. The van der Waals surface area contributed by atoms with Crippen LogP contribution in [-0.4, -0.2) is 14.7 Å². The fraction of sp³-hybridized carbons (Fsp3) is 0.0400. The number of fused-ring (bicyclic) bond motifs is 1. The maximum absolute atomic E-state index is 10.8. The van der Waals surface area contributed by atoms with Crippen LogP contribution in [-0.2, 0) is 0 Å². The van der Waals surface area contributed by atoms with Crippen molar-refractivity contribution in [2.75, 3.05) is 0 Å². The molecule has 1 N–H and O–H groups in total. The summed E-state index contributed by atoms with van der Waals surface area (Å²) in [5.74, 6) is 2.27. The maximum atomic E-state index is 10.8. The van der Waals surface area contributed by atoms with Gasteiger partial charge in [-0.05, 0) is 61.5 Å². The molecule has 1 aliphatic heterocycles. The highest BCUT2D eigenvalue weighted by Gasteiger charge is 2.15. The molecule has 0 saturated heterocycles. The Balaban J connectivity index is 1.44. The Morgan fingerprint density at radius 3 is 2.33 bits per heavy atom. The van der Waals surface area contributed by atoms with Gasteiger partial charge in [0.15, 0.2) is 0 Å². The third kappa shape index (κ3) is 3.37. The van der Waals surface area contributed by atoms with Gasteiger partial charge in [-0.1, -0.05) is 36.4 Å². The van der Waals surface area contributed by atoms with Crippen LogP contribution in [0.3, 0.4) is 0 Å². The van der Waals surface area contributed by atoms with Crippen molar-refractivity contribution in [1.82, 2.24) is 9.55 Å². The number of aryl methyl sites for hydroxylation is 1. The predicted molar refractivity (Wildman–Crippen MR) is 116 cm³/mol. The van der Waals surface area contributed by atoms with E-state index in [2.05, 4.69) is 9.98 Å². The SMILES string of the molecule is Cc1nc(/C=C2\C=c3ccccc3=N2)c(O)n1-c1ccc(Oc2ccccc2)cc1. The molecule has 0 saturated carbocycles. The van der Waals surface area contributed by atoms with Gasteiger partial charge in [0.1, 0.15) is 23.0 Å². The number of aromatic nitrogens is 2. The zero-order valence-corrected chi connectivity index (χ0v) is 16.4. The molecule has 0 atom stereocenters. The summed E-state index contributed by atoms with van der Waals surface area (Å²) < 4.78 is 7.55. The normalized spacial score (nSPS) is 13.6. The number of aromatic hydroxyl groups is 1. The maximum Gasteiger partial charge on any atom is 0.223 e. The Labute approximate surface area is 173 Å². The monoisotopic (exact) mass is 393 g/mol. The second kappa shape index (κ2) is 7.37. The molecule has 5 heteroatoms. The number of imidazole rings is 1. The summed E-state index contributed by atoms with van der Waals surface area (Å²) in [6.45, 7) is 1.86. The van der Waals surface area contributed by atoms with E-state index in [4.69, 9.17) is 4.74 Å². The minimum Gasteiger partial charge on any atom is -0.493 e. The molecule has 4 aromatic rings. The Morgan fingerprint density at radius 1 is 0.867 bits per heavy atom. The van der Waals surface area contributed by atoms with E-state index in [1.54, 1.807) is 10.6 Å². The van der Waals surface area contributed by atoms with Gasteiger partial charge >= 0.3 is 0 Å². The molecule has 0 amide bonds. The van der Waals surface area contributed by atoms with E-state index in [0.717, 1.165) is 33.5 Å². The first-order valence-electron chi connectivity index (χ1n) is 9.66. The first-order valence-corrected chi connectivity index (χ1v) is 9.66. The third-order valence-corrected chi connectivity index (χ3v) is 4.89. The molecule has 2 heterocycles. The molecule has 0 spiro atoms. The number of hydrogen-bond acceptors (Lipinski definition) is 4. The van der Waals surface area contributed by atoms with Crippen LogP contribution < -0.4 is 15.3 Å². The molecule has 1 aliphatic rings. The van der Waals surface area contributed by atoms with E-state index in [-0.39, 0.29) is 5.88 Å². The summed E-state index contributed by atoms with van der Waals surface area (Å²) in [5.41, 5.74) is 2.06. The highest BCUT2D eigenvalue weighted by atomic mass is 16.5. The molecule has 5 rings (SSSR count). The first kappa shape index (κ1) is 17.9. The highest BCUT2D eigenvalue weighted by Crippen LogP contribution is 2.28. The quantitative estimate of drug-likeness (QED) is 0.567. The fourth-order valence-electron chi connectivity index (χ4n) is 3.49. The lowest BCUT2D eigenvalue weighted by Gasteiger charge is -2.09. The van der Waals surface area contributed by atoms with Gasteiger partial charge in [-0.15, -0.1) is 0 Å². The summed E-state index contributed by atoms with van der Waals surface area (Å²) in [6.07, 6.45) is 3.78. The van der Waals surface area contributed by atoms with Gasteiger partial charge in [0, 0.05) is 5.22 Å². The summed E-state index contributed by atoms with van der Waals surface area (Å²) in [4.78, 5) is 9.11. The van der Waals surface area contributed by atoms with Crippen LogP contribution in [0.2, 0.25) is 0 Å². The Hall–Kier alpha value is -4.12. The fourth-order valence-corrected chi connectivity index (χ4v) is 3.49. The first-order chi connectivity index (χ1) is 14.7. The summed E-state index contributed by atoms with van der Waals surface area (Å²) in [7, 11) is 0. The Morgan fingerprint density at radius 2 is 1.57 bits per heavy atom. The zero-order valence-electron chi connectivity index (χ0n) is 16.4. The van der Waals surface area contributed by atoms with Crippen molar-refractivity contribution >= 4 is 12.2 Å². The third-order valence-electron chi connectivity index (χ3n) is 4.89.